The van der Waals surface area contributed by atoms with Crippen molar-refractivity contribution < 1.29 is 9.18 Å². The van der Waals surface area contributed by atoms with Gasteiger partial charge in [-0.3, -0.25) is 14.5 Å². The largest absolute Gasteiger partial charge is 0.353 e. The summed E-state index contributed by atoms with van der Waals surface area (Å²) in [6.07, 6.45) is 3.85. The Hall–Kier alpha value is -3.00. The lowest BCUT2D eigenvalue weighted by Crippen LogP contribution is -2.42. The molecule has 0 radical (unpaired) electrons. The van der Waals surface area contributed by atoms with Crippen LogP contribution < -0.4 is 10.9 Å². The maximum atomic E-state index is 14.2. The van der Waals surface area contributed by atoms with Crippen LogP contribution in [0.1, 0.15) is 36.7 Å². The molecule has 4 rings (SSSR count). The van der Waals surface area contributed by atoms with Gasteiger partial charge in [0, 0.05) is 34.9 Å². The molecule has 1 amide bonds. The summed E-state index contributed by atoms with van der Waals surface area (Å²) < 4.78 is 17.3. The molecule has 3 aromatic rings. The van der Waals surface area contributed by atoms with Crippen molar-refractivity contribution in [2.75, 3.05) is 19.6 Å². The molecule has 8 heteroatoms. The van der Waals surface area contributed by atoms with Crippen LogP contribution in [0.3, 0.4) is 0 Å². The number of likely N-dealkylation sites (N-methyl/N-ethyl adjacent to an activating group) is 1. The molecule has 0 aliphatic carbocycles. The van der Waals surface area contributed by atoms with E-state index in [-0.39, 0.29) is 23.8 Å². The molecule has 0 saturated carbocycles. The predicted octanol–water partition coefficient (Wildman–Crippen LogP) is 2.60. The Balaban J connectivity index is 1.55. The second-order valence-electron chi connectivity index (χ2n) is 8.47. The second-order valence-corrected chi connectivity index (χ2v) is 8.47. The smallest absolute Gasteiger partial charge is 0.276 e. The van der Waals surface area contributed by atoms with Gasteiger partial charge in [0.25, 0.3) is 5.56 Å². The van der Waals surface area contributed by atoms with Gasteiger partial charge in [-0.25, -0.2) is 9.07 Å². The van der Waals surface area contributed by atoms with Gasteiger partial charge < -0.3 is 9.88 Å². The van der Waals surface area contributed by atoms with E-state index in [0.29, 0.717) is 30.1 Å². The summed E-state index contributed by atoms with van der Waals surface area (Å²) in [5, 5.41) is 8.45. The summed E-state index contributed by atoms with van der Waals surface area (Å²) in [5.41, 5.74) is 1.84. The molecule has 2 aromatic heterocycles. The minimum Gasteiger partial charge on any atom is -0.353 e. The van der Waals surface area contributed by atoms with Gasteiger partial charge in [0.2, 0.25) is 5.91 Å². The van der Waals surface area contributed by atoms with Crippen LogP contribution in [0.2, 0.25) is 0 Å². The number of nitrogens with one attached hydrogen (secondary N) is 1. The molecule has 0 bridgehead atoms. The van der Waals surface area contributed by atoms with E-state index in [1.807, 2.05) is 18.4 Å². The number of amides is 1. The number of carbonyl (C=O) groups excluding carboxylic acids is 1. The van der Waals surface area contributed by atoms with Crippen LogP contribution in [0.5, 0.6) is 0 Å². The molecule has 1 unspecified atom stereocenters. The lowest BCUT2D eigenvalue weighted by molar-refractivity contribution is -0.122. The standard InChI is InChI=1S/C24H30FN5O2/c1-4-28-11-7-9-19(28)12-26-22(31)15-30-24(32)23-17(3)29(16(2)20(23)13-27-30)14-18-8-5-6-10-21(18)25/h5-6,8,10,13,19H,4,7,9,11-12,14-15H2,1-3H3,(H,26,31). The van der Waals surface area contributed by atoms with E-state index in [2.05, 4.69) is 22.2 Å². The molecule has 1 fully saturated rings. The topological polar surface area (TPSA) is 72.2 Å². The van der Waals surface area contributed by atoms with Gasteiger partial charge >= 0.3 is 0 Å². The van der Waals surface area contributed by atoms with E-state index in [1.54, 1.807) is 24.4 Å². The molecule has 1 atom stereocenters. The minimum atomic E-state index is -0.304. The van der Waals surface area contributed by atoms with Gasteiger partial charge in [-0.2, -0.15) is 5.10 Å². The van der Waals surface area contributed by atoms with Gasteiger partial charge in [0.15, 0.2) is 0 Å². The van der Waals surface area contributed by atoms with Crippen molar-refractivity contribution in [3.05, 3.63) is 63.6 Å². The van der Waals surface area contributed by atoms with Crippen LogP contribution in [0, 0.1) is 19.7 Å². The quantitative estimate of drug-likeness (QED) is 0.614. The number of nitrogens with zero attached hydrogens (tertiary/aromatic N) is 4. The first-order valence-electron chi connectivity index (χ1n) is 11.2. The fraction of sp³-hybridized carbons (Fsp3) is 0.458. The summed E-state index contributed by atoms with van der Waals surface area (Å²) in [6.45, 7) is 8.70. The van der Waals surface area contributed by atoms with E-state index in [0.717, 1.165) is 42.7 Å². The number of likely N-dealkylation sites (tertiary alicyclic amines) is 1. The van der Waals surface area contributed by atoms with Crippen LogP contribution in [-0.4, -0.2) is 50.8 Å². The summed E-state index contributed by atoms with van der Waals surface area (Å²) in [7, 11) is 0. The van der Waals surface area contributed by atoms with Crippen molar-refractivity contribution in [2.45, 2.75) is 52.7 Å². The van der Waals surface area contributed by atoms with Crippen LogP contribution >= 0.6 is 0 Å². The molecule has 1 aliphatic rings. The Morgan fingerprint density at radius 2 is 2.03 bits per heavy atom. The lowest BCUT2D eigenvalue weighted by atomic mass is 10.2. The first-order valence-corrected chi connectivity index (χ1v) is 11.2. The van der Waals surface area contributed by atoms with Gasteiger partial charge in [0.05, 0.1) is 18.1 Å². The van der Waals surface area contributed by atoms with Gasteiger partial charge in [0.1, 0.15) is 12.4 Å². The number of hydrogen-bond donors (Lipinski definition) is 1. The number of benzene rings is 1. The van der Waals surface area contributed by atoms with E-state index in [9.17, 15) is 14.0 Å². The van der Waals surface area contributed by atoms with Crippen LogP contribution in [-0.2, 0) is 17.9 Å². The normalized spacial score (nSPS) is 16.7. The monoisotopic (exact) mass is 439 g/mol. The number of aryl methyl sites for hydroxylation is 2. The lowest BCUT2D eigenvalue weighted by Gasteiger charge is -2.22. The van der Waals surface area contributed by atoms with Gasteiger partial charge in [-0.1, -0.05) is 25.1 Å². The second kappa shape index (κ2) is 9.24. The molecule has 3 heterocycles. The Kier molecular flexibility index (Phi) is 6.41. The van der Waals surface area contributed by atoms with Crippen LogP contribution in [0.15, 0.2) is 35.3 Å². The third kappa shape index (κ3) is 4.19. The van der Waals surface area contributed by atoms with Crippen molar-refractivity contribution in [1.82, 2.24) is 24.6 Å². The first-order chi connectivity index (χ1) is 15.4. The Bertz CT molecular complexity index is 1200. The zero-order valence-corrected chi connectivity index (χ0v) is 18.9. The highest BCUT2D eigenvalue weighted by Crippen LogP contribution is 2.23. The Morgan fingerprint density at radius 1 is 1.25 bits per heavy atom. The molecule has 1 aliphatic heterocycles. The van der Waals surface area contributed by atoms with Crippen molar-refractivity contribution in [3.8, 4) is 0 Å². The summed E-state index contributed by atoms with van der Waals surface area (Å²) in [5.74, 6) is -0.498. The van der Waals surface area contributed by atoms with Crippen LogP contribution in [0.4, 0.5) is 4.39 Å². The third-order valence-corrected chi connectivity index (χ3v) is 6.62. The number of hydrogen-bond acceptors (Lipinski definition) is 4. The Labute approximate surface area is 186 Å². The molecule has 0 spiro atoms. The van der Waals surface area contributed by atoms with Gasteiger partial charge in [-0.05, 0) is 45.8 Å². The maximum absolute atomic E-state index is 14.2. The number of halogens is 1. The molecule has 1 aromatic carbocycles. The average molecular weight is 440 g/mol. The number of carbonyl (C=O) groups is 1. The first kappa shape index (κ1) is 22.2. The molecular formula is C24H30FN5O2. The molecule has 170 valence electrons. The highest BCUT2D eigenvalue weighted by atomic mass is 19.1. The van der Waals surface area contributed by atoms with Gasteiger partial charge in [-0.15, -0.1) is 0 Å². The highest BCUT2D eigenvalue weighted by Gasteiger charge is 2.23. The molecule has 7 nitrogen and oxygen atoms in total. The Morgan fingerprint density at radius 3 is 2.78 bits per heavy atom. The van der Waals surface area contributed by atoms with Crippen molar-refractivity contribution in [1.29, 1.82) is 0 Å². The number of rotatable bonds is 7. The predicted molar refractivity (Wildman–Crippen MR) is 122 cm³/mol. The molecular weight excluding hydrogens is 409 g/mol. The van der Waals surface area contributed by atoms with E-state index < -0.39 is 0 Å². The number of aromatic nitrogens is 3. The minimum absolute atomic E-state index is 0.120. The number of fused-ring (bicyclic) bond motifs is 1. The SMILES string of the molecule is CCN1CCCC1CNC(=O)Cn1ncc2c(C)n(Cc3ccccc3F)c(C)c2c1=O. The van der Waals surface area contributed by atoms with E-state index in [1.165, 1.54) is 10.7 Å². The average Bonchev–Trinajstić information content (AvgIpc) is 3.33. The summed E-state index contributed by atoms with van der Waals surface area (Å²) >= 11 is 0. The highest BCUT2D eigenvalue weighted by molar-refractivity contribution is 5.87. The molecule has 1 saturated heterocycles. The zero-order chi connectivity index (χ0) is 22.8. The van der Waals surface area contributed by atoms with E-state index >= 15 is 0 Å². The van der Waals surface area contributed by atoms with Crippen molar-refractivity contribution >= 4 is 16.7 Å². The molecule has 32 heavy (non-hydrogen) atoms. The van der Waals surface area contributed by atoms with Crippen LogP contribution in [0.25, 0.3) is 10.8 Å². The third-order valence-electron chi connectivity index (χ3n) is 6.62. The summed E-state index contributed by atoms with van der Waals surface area (Å²) in [4.78, 5) is 28.0. The summed E-state index contributed by atoms with van der Waals surface area (Å²) in [6, 6.07) is 6.98. The maximum Gasteiger partial charge on any atom is 0.276 e. The van der Waals surface area contributed by atoms with Crippen molar-refractivity contribution in [2.24, 2.45) is 0 Å². The fourth-order valence-electron chi connectivity index (χ4n) is 4.76. The van der Waals surface area contributed by atoms with E-state index in [4.69, 9.17) is 0 Å². The van der Waals surface area contributed by atoms with Crippen molar-refractivity contribution in [3.63, 3.8) is 0 Å². The molecule has 1 N–H and O–H groups in total. The fourth-order valence-corrected chi connectivity index (χ4v) is 4.76. The zero-order valence-electron chi connectivity index (χ0n) is 18.9.